The van der Waals surface area contributed by atoms with E-state index in [-0.39, 0.29) is 0 Å². The molecule has 1 unspecified atom stereocenters. The van der Waals surface area contributed by atoms with Crippen LogP contribution >= 0.6 is 0 Å². The van der Waals surface area contributed by atoms with Crippen LogP contribution in [-0.4, -0.2) is 47.5 Å². The van der Waals surface area contributed by atoms with Gasteiger partial charge in [-0.05, 0) is 38.1 Å². The minimum atomic E-state index is 0.639. The molecule has 3 N–H and O–H groups in total. The fourth-order valence-corrected chi connectivity index (χ4v) is 2.73. The lowest BCUT2D eigenvalue weighted by atomic mass is 10.1. The van der Waals surface area contributed by atoms with Gasteiger partial charge < -0.3 is 10.3 Å². The van der Waals surface area contributed by atoms with Crippen molar-refractivity contribution in [2.24, 2.45) is 5.84 Å². The Morgan fingerprint density at radius 1 is 1.42 bits per heavy atom. The van der Waals surface area contributed by atoms with E-state index in [0.717, 1.165) is 13.1 Å². The van der Waals surface area contributed by atoms with Gasteiger partial charge in [0.15, 0.2) is 0 Å². The quantitative estimate of drug-likeness (QED) is 0.633. The molecule has 0 spiro atoms. The highest BCUT2D eigenvalue weighted by Gasteiger charge is 2.21. The molecule has 2 heterocycles. The average Bonchev–Trinajstić information content (AvgIpc) is 2.61. The van der Waals surface area contributed by atoms with E-state index in [1.807, 2.05) is 12.3 Å². The zero-order valence-corrected chi connectivity index (χ0v) is 12.0. The third kappa shape index (κ3) is 3.89. The second-order valence-electron chi connectivity index (χ2n) is 5.34. The van der Waals surface area contributed by atoms with Crippen LogP contribution in [0, 0.1) is 0 Å². The number of rotatable bonds is 4. The van der Waals surface area contributed by atoms with Gasteiger partial charge in [-0.2, -0.15) is 0 Å². The van der Waals surface area contributed by atoms with Crippen LogP contribution < -0.4 is 11.3 Å². The van der Waals surface area contributed by atoms with E-state index in [1.165, 1.54) is 31.5 Å². The molecule has 0 bridgehead atoms. The van der Waals surface area contributed by atoms with E-state index in [0.29, 0.717) is 11.9 Å². The van der Waals surface area contributed by atoms with Crippen LogP contribution in [0.5, 0.6) is 0 Å². The first-order chi connectivity index (χ1) is 9.22. The van der Waals surface area contributed by atoms with Crippen LogP contribution in [0.3, 0.4) is 0 Å². The normalized spacial score (nSPS) is 22.2. The van der Waals surface area contributed by atoms with Gasteiger partial charge in [0, 0.05) is 31.9 Å². The lowest BCUT2D eigenvalue weighted by Crippen LogP contribution is -2.39. The van der Waals surface area contributed by atoms with Crippen LogP contribution in [0.15, 0.2) is 18.3 Å². The van der Waals surface area contributed by atoms with Crippen molar-refractivity contribution >= 4 is 5.82 Å². The van der Waals surface area contributed by atoms with Gasteiger partial charge >= 0.3 is 0 Å². The number of hydrogen-bond acceptors (Lipinski definition) is 5. The monoisotopic (exact) mass is 263 g/mol. The molecule has 5 heteroatoms. The number of nitrogens with zero attached hydrogens (tertiary/aromatic N) is 3. The molecule has 106 valence electrons. The number of anilines is 1. The lowest BCUT2D eigenvalue weighted by Gasteiger charge is -2.30. The van der Waals surface area contributed by atoms with Crippen molar-refractivity contribution in [1.82, 2.24) is 14.8 Å². The van der Waals surface area contributed by atoms with Gasteiger partial charge in [-0.25, -0.2) is 10.8 Å². The number of likely N-dealkylation sites (N-methyl/N-ethyl adjacent to an activating group) is 1. The summed E-state index contributed by atoms with van der Waals surface area (Å²) in [6.07, 6.45) is 4.35. The molecule has 0 aromatic carbocycles. The third-order valence-electron chi connectivity index (χ3n) is 3.85. The summed E-state index contributed by atoms with van der Waals surface area (Å²) >= 11 is 0. The molecule has 1 saturated heterocycles. The van der Waals surface area contributed by atoms with Crippen LogP contribution in [0.2, 0.25) is 0 Å². The van der Waals surface area contributed by atoms with Gasteiger partial charge in [0.2, 0.25) is 0 Å². The summed E-state index contributed by atoms with van der Waals surface area (Å²) in [7, 11) is 2.22. The fraction of sp³-hybridized carbons (Fsp3) is 0.643. The van der Waals surface area contributed by atoms with Crippen molar-refractivity contribution < 1.29 is 0 Å². The van der Waals surface area contributed by atoms with E-state index in [2.05, 4.69) is 40.2 Å². The Hall–Kier alpha value is -1.17. The predicted octanol–water partition coefficient (Wildman–Crippen LogP) is 1.28. The van der Waals surface area contributed by atoms with Crippen LogP contribution in [0.1, 0.15) is 25.3 Å². The minimum absolute atomic E-state index is 0.639. The second-order valence-corrected chi connectivity index (χ2v) is 5.34. The molecule has 1 aromatic rings. The zero-order chi connectivity index (χ0) is 13.7. The van der Waals surface area contributed by atoms with Crippen LogP contribution in [0.25, 0.3) is 0 Å². The maximum Gasteiger partial charge on any atom is 0.139 e. The highest BCUT2D eigenvalue weighted by molar-refractivity contribution is 5.33. The van der Waals surface area contributed by atoms with Gasteiger partial charge in [-0.15, -0.1) is 0 Å². The molecule has 5 nitrogen and oxygen atoms in total. The molecular weight excluding hydrogens is 238 g/mol. The van der Waals surface area contributed by atoms with E-state index in [1.54, 1.807) is 0 Å². The summed E-state index contributed by atoms with van der Waals surface area (Å²) in [5, 5.41) is 0. The average molecular weight is 263 g/mol. The van der Waals surface area contributed by atoms with E-state index in [4.69, 9.17) is 5.84 Å². The van der Waals surface area contributed by atoms with Gasteiger partial charge in [0.25, 0.3) is 0 Å². The van der Waals surface area contributed by atoms with Crippen molar-refractivity contribution in [3.63, 3.8) is 0 Å². The number of aromatic nitrogens is 1. The minimum Gasteiger partial charge on any atom is -0.308 e. The molecule has 19 heavy (non-hydrogen) atoms. The molecule has 1 atom stereocenters. The standard InChI is InChI=1S/C14H25N5/c1-3-13-11-18(2)7-4-8-19(13)10-12-5-6-14(17-15)16-9-12/h5-6,9,13H,3-4,7-8,10-11,15H2,1-2H3,(H,16,17). The molecule has 1 aromatic heterocycles. The smallest absolute Gasteiger partial charge is 0.139 e. The fourth-order valence-electron chi connectivity index (χ4n) is 2.73. The Morgan fingerprint density at radius 3 is 2.89 bits per heavy atom. The van der Waals surface area contributed by atoms with Gasteiger partial charge in [-0.3, -0.25) is 4.90 Å². The number of nitrogens with two attached hydrogens (primary N) is 1. The number of nitrogen functional groups attached to an aromatic ring is 1. The topological polar surface area (TPSA) is 57.4 Å². The summed E-state index contributed by atoms with van der Waals surface area (Å²) in [5.74, 6) is 6.05. The number of hydrazine groups is 1. The molecule has 0 amide bonds. The van der Waals surface area contributed by atoms with Gasteiger partial charge in [0.1, 0.15) is 5.82 Å². The SMILES string of the molecule is CCC1CN(C)CCCN1Cc1ccc(NN)nc1. The first-order valence-electron chi connectivity index (χ1n) is 7.07. The summed E-state index contributed by atoms with van der Waals surface area (Å²) in [6, 6.07) is 4.67. The largest absolute Gasteiger partial charge is 0.308 e. The second kappa shape index (κ2) is 6.84. The van der Waals surface area contributed by atoms with Gasteiger partial charge in [-0.1, -0.05) is 13.0 Å². The number of nitrogens with one attached hydrogen (secondary N) is 1. The highest BCUT2D eigenvalue weighted by Crippen LogP contribution is 2.16. The maximum atomic E-state index is 5.34. The Bertz CT molecular complexity index is 378. The highest BCUT2D eigenvalue weighted by atomic mass is 15.3. The molecule has 1 aliphatic heterocycles. The number of hydrogen-bond donors (Lipinski definition) is 2. The first kappa shape index (κ1) is 14.2. The summed E-state index contributed by atoms with van der Waals surface area (Å²) in [4.78, 5) is 9.30. The first-order valence-corrected chi connectivity index (χ1v) is 7.07. The Morgan fingerprint density at radius 2 is 2.26 bits per heavy atom. The van der Waals surface area contributed by atoms with Crippen molar-refractivity contribution in [2.45, 2.75) is 32.4 Å². The molecule has 2 rings (SSSR count). The van der Waals surface area contributed by atoms with Crippen molar-refractivity contribution in [1.29, 1.82) is 0 Å². The molecule has 0 radical (unpaired) electrons. The summed E-state index contributed by atoms with van der Waals surface area (Å²) in [5.41, 5.74) is 3.81. The van der Waals surface area contributed by atoms with Crippen LogP contribution in [-0.2, 0) is 6.54 Å². The third-order valence-corrected chi connectivity index (χ3v) is 3.85. The zero-order valence-electron chi connectivity index (χ0n) is 12.0. The predicted molar refractivity (Wildman–Crippen MR) is 78.7 cm³/mol. The van der Waals surface area contributed by atoms with Crippen molar-refractivity contribution in [2.75, 3.05) is 32.1 Å². The van der Waals surface area contributed by atoms with Gasteiger partial charge in [0.05, 0.1) is 0 Å². The summed E-state index contributed by atoms with van der Waals surface area (Å²) < 4.78 is 0. The van der Waals surface area contributed by atoms with Crippen LogP contribution in [0.4, 0.5) is 5.82 Å². The maximum absolute atomic E-state index is 5.34. The lowest BCUT2D eigenvalue weighted by molar-refractivity contribution is 0.176. The van der Waals surface area contributed by atoms with Crippen molar-refractivity contribution in [3.05, 3.63) is 23.9 Å². The number of pyridine rings is 1. The summed E-state index contributed by atoms with van der Waals surface area (Å²) in [6.45, 7) is 6.77. The van der Waals surface area contributed by atoms with E-state index >= 15 is 0 Å². The Balaban J connectivity index is 2.02. The molecule has 0 saturated carbocycles. The molecule has 1 aliphatic rings. The molecular formula is C14H25N5. The Labute approximate surface area is 115 Å². The van der Waals surface area contributed by atoms with E-state index < -0.39 is 0 Å². The van der Waals surface area contributed by atoms with E-state index in [9.17, 15) is 0 Å². The molecule has 0 aliphatic carbocycles. The Kier molecular flexibility index (Phi) is 5.13. The van der Waals surface area contributed by atoms with Crippen molar-refractivity contribution in [3.8, 4) is 0 Å². The molecule has 1 fully saturated rings.